The van der Waals surface area contributed by atoms with Gasteiger partial charge in [0, 0.05) is 17.4 Å². The van der Waals surface area contributed by atoms with Crippen molar-refractivity contribution in [2.45, 2.75) is 13.8 Å². The summed E-state index contributed by atoms with van der Waals surface area (Å²) in [4.78, 5) is 25.3. The highest BCUT2D eigenvalue weighted by Gasteiger charge is 2.17. The molecule has 2 aromatic carbocycles. The zero-order valence-electron chi connectivity index (χ0n) is 15.7. The molecule has 1 unspecified atom stereocenters. The predicted molar refractivity (Wildman–Crippen MR) is 102 cm³/mol. The number of carbonyl (C=O) groups is 2. The van der Waals surface area contributed by atoms with Crippen LogP contribution in [-0.4, -0.2) is 38.7 Å². The Labute approximate surface area is 158 Å². The van der Waals surface area contributed by atoms with Crippen molar-refractivity contribution >= 4 is 23.2 Å². The Morgan fingerprint density at radius 3 is 2.30 bits per heavy atom. The number of likely N-dealkylation sites (N-methyl/N-ethyl adjacent to an activating group) is 1. The largest absolute Gasteiger partial charge is 0.454 e. The van der Waals surface area contributed by atoms with Gasteiger partial charge >= 0.3 is 0 Å². The Morgan fingerprint density at radius 1 is 0.963 bits per heavy atom. The highest BCUT2D eigenvalue weighted by molar-refractivity contribution is 5.94. The van der Waals surface area contributed by atoms with E-state index in [0.29, 0.717) is 17.2 Å². The van der Waals surface area contributed by atoms with Crippen molar-refractivity contribution in [3.63, 3.8) is 0 Å². The van der Waals surface area contributed by atoms with Crippen LogP contribution in [0.15, 0.2) is 36.4 Å². The summed E-state index contributed by atoms with van der Waals surface area (Å²) in [5, 5.41) is 5.76. The Balaban J connectivity index is 1.50. The van der Waals surface area contributed by atoms with Crippen LogP contribution in [0, 0.1) is 13.8 Å². The Kier molecular flexibility index (Phi) is 5.61. The molecule has 2 aromatic rings. The molecule has 0 aromatic heterocycles. The summed E-state index contributed by atoms with van der Waals surface area (Å²) in [7, 11) is 1.81. The summed E-state index contributed by atoms with van der Waals surface area (Å²) in [6.45, 7) is 4.47. The predicted octanol–water partition coefficient (Wildman–Crippen LogP) is 1.12. The summed E-state index contributed by atoms with van der Waals surface area (Å²) in [5.41, 5.74) is 3.50. The van der Waals surface area contributed by atoms with Gasteiger partial charge < -0.3 is 25.0 Å². The topological polar surface area (TPSA) is 81.1 Å². The number of ether oxygens (including phenoxy) is 2. The number of hydrogen-bond donors (Lipinski definition) is 3. The molecule has 0 radical (unpaired) electrons. The van der Waals surface area contributed by atoms with Gasteiger partial charge in [0.05, 0.1) is 7.05 Å². The van der Waals surface area contributed by atoms with E-state index in [1.807, 2.05) is 39.1 Å². The number of fused-ring (bicyclic) bond motifs is 1. The summed E-state index contributed by atoms with van der Waals surface area (Å²) in [6.07, 6.45) is 0. The maximum absolute atomic E-state index is 12.3. The van der Waals surface area contributed by atoms with E-state index in [2.05, 4.69) is 10.6 Å². The smallest absolute Gasteiger partial charge is 0.279 e. The van der Waals surface area contributed by atoms with E-state index in [9.17, 15) is 9.59 Å². The van der Waals surface area contributed by atoms with E-state index in [-0.39, 0.29) is 31.7 Å². The van der Waals surface area contributed by atoms with E-state index in [1.165, 1.54) is 0 Å². The van der Waals surface area contributed by atoms with Gasteiger partial charge in [-0.3, -0.25) is 9.59 Å². The number of hydrogen-bond acceptors (Lipinski definition) is 4. The molecule has 0 spiro atoms. The van der Waals surface area contributed by atoms with Crippen LogP contribution in [0.4, 0.5) is 11.4 Å². The number of benzene rings is 2. The third-order valence-electron chi connectivity index (χ3n) is 4.33. The van der Waals surface area contributed by atoms with E-state index in [4.69, 9.17) is 9.47 Å². The first kappa shape index (κ1) is 18.7. The van der Waals surface area contributed by atoms with Crippen molar-refractivity contribution in [1.29, 1.82) is 0 Å². The van der Waals surface area contributed by atoms with Gasteiger partial charge in [0.2, 0.25) is 6.79 Å². The first-order chi connectivity index (χ1) is 12.9. The molecule has 1 aliphatic rings. The van der Waals surface area contributed by atoms with Crippen LogP contribution in [0.2, 0.25) is 0 Å². The van der Waals surface area contributed by atoms with Crippen LogP contribution < -0.4 is 25.0 Å². The highest BCUT2D eigenvalue weighted by Crippen LogP contribution is 2.34. The van der Waals surface area contributed by atoms with Gasteiger partial charge in [0.1, 0.15) is 0 Å². The molecule has 2 amide bonds. The second-order valence-corrected chi connectivity index (χ2v) is 6.74. The lowest BCUT2D eigenvalue weighted by Gasteiger charge is -2.15. The third-order valence-corrected chi connectivity index (χ3v) is 4.33. The summed E-state index contributed by atoms with van der Waals surface area (Å²) in [6, 6.07) is 11.1. The number of quaternary nitrogens is 1. The van der Waals surface area contributed by atoms with Gasteiger partial charge in [-0.25, -0.2) is 0 Å². The number of amides is 2. The number of aryl methyl sites for hydroxylation is 2. The van der Waals surface area contributed by atoms with Gasteiger partial charge in [-0.15, -0.1) is 0 Å². The molecule has 0 aliphatic carbocycles. The molecular weight excluding hydrogens is 346 g/mol. The Bertz CT molecular complexity index is 846. The SMILES string of the molecule is Cc1cccc(C)c1NC(=O)C[NH+](C)CC(=O)Nc1ccc2c(c1)OCO2. The summed E-state index contributed by atoms with van der Waals surface area (Å²) in [5.74, 6) is 0.979. The molecule has 27 heavy (non-hydrogen) atoms. The molecule has 1 aliphatic heterocycles. The Morgan fingerprint density at radius 2 is 1.59 bits per heavy atom. The van der Waals surface area contributed by atoms with Crippen LogP contribution in [-0.2, 0) is 9.59 Å². The molecule has 7 nitrogen and oxygen atoms in total. The van der Waals surface area contributed by atoms with Crippen LogP contribution in [0.1, 0.15) is 11.1 Å². The van der Waals surface area contributed by atoms with Crippen molar-refractivity contribution in [2.75, 3.05) is 37.6 Å². The number of nitrogens with one attached hydrogen (secondary N) is 3. The molecule has 0 saturated heterocycles. The fourth-order valence-corrected chi connectivity index (χ4v) is 2.99. The maximum Gasteiger partial charge on any atom is 0.279 e. The van der Waals surface area contributed by atoms with Gasteiger partial charge in [0.25, 0.3) is 11.8 Å². The maximum atomic E-state index is 12.3. The molecular formula is C20H24N3O4+. The van der Waals surface area contributed by atoms with Crippen molar-refractivity contribution < 1.29 is 24.0 Å². The Hall–Kier alpha value is -3.06. The first-order valence-corrected chi connectivity index (χ1v) is 8.79. The van der Waals surface area contributed by atoms with Gasteiger partial charge in [0.15, 0.2) is 24.6 Å². The van der Waals surface area contributed by atoms with Crippen LogP contribution >= 0.6 is 0 Å². The van der Waals surface area contributed by atoms with Gasteiger partial charge in [-0.1, -0.05) is 18.2 Å². The van der Waals surface area contributed by atoms with E-state index in [1.54, 1.807) is 18.2 Å². The molecule has 1 atom stereocenters. The third kappa shape index (κ3) is 4.77. The molecule has 0 bridgehead atoms. The van der Waals surface area contributed by atoms with Gasteiger partial charge in [-0.05, 0) is 37.1 Å². The standard InChI is InChI=1S/C20H23N3O4/c1-13-5-4-6-14(2)20(13)22-19(25)11-23(3)10-18(24)21-15-7-8-16-17(9-15)27-12-26-16/h4-9H,10-12H2,1-3H3,(H,21,24)(H,22,25)/p+1. The monoisotopic (exact) mass is 370 g/mol. The van der Waals surface area contributed by atoms with Gasteiger partial charge in [-0.2, -0.15) is 0 Å². The first-order valence-electron chi connectivity index (χ1n) is 8.79. The molecule has 1 heterocycles. The average molecular weight is 370 g/mol. The minimum absolute atomic E-state index is 0.124. The van der Waals surface area contributed by atoms with E-state index < -0.39 is 0 Å². The highest BCUT2D eigenvalue weighted by atomic mass is 16.7. The molecule has 3 N–H and O–H groups in total. The lowest BCUT2D eigenvalue weighted by atomic mass is 10.1. The average Bonchev–Trinajstić information content (AvgIpc) is 3.05. The number of para-hydroxylation sites is 1. The van der Waals surface area contributed by atoms with Crippen molar-refractivity contribution in [1.82, 2.24) is 0 Å². The molecule has 0 fully saturated rings. The normalized spacial score (nSPS) is 13.1. The second kappa shape index (κ2) is 8.09. The number of rotatable bonds is 6. The van der Waals surface area contributed by atoms with Crippen molar-refractivity contribution in [2.24, 2.45) is 0 Å². The van der Waals surface area contributed by atoms with E-state index in [0.717, 1.165) is 21.7 Å². The van der Waals surface area contributed by atoms with Crippen molar-refractivity contribution in [3.8, 4) is 11.5 Å². The lowest BCUT2D eigenvalue weighted by Crippen LogP contribution is -3.11. The summed E-state index contributed by atoms with van der Waals surface area (Å²) < 4.78 is 10.5. The molecule has 7 heteroatoms. The zero-order valence-corrected chi connectivity index (χ0v) is 15.7. The minimum Gasteiger partial charge on any atom is -0.454 e. The summed E-state index contributed by atoms with van der Waals surface area (Å²) >= 11 is 0. The quantitative estimate of drug-likeness (QED) is 0.712. The molecule has 0 saturated carbocycles. The second-order valence-electron chi connectivity index (χ2n) is 6.74. The zero-order chi connectivity index (χ0) is 19.4. The molecule has 3 rings (SSSR count). The number of carbonyl (C=O) groups excluding carboxylic acids is 2. The van der Waals surface area contributed by atoms with E-state index >= 15 is 0 Å². The number of anilines is 2. The minimum atomic E-state index is -0.175. The fraction of sp³-hybridized carbons (Fsp3) is 0.300. The molecule has 142 valence electrons. The van der Waals surface area contributed by atoms with Crippen LogP contribution in [0.25, 0.3) is 0 Å². The fourth-order valence-electron chi connectivity index (χ4n) is 2.99. The van der Waals surface area contributed by atoms with Crippen LogP contribution in [0.5, 0.6) is 11.5 Å². The van der Waals surface area contributed by atoms with Crippen LogP contribution in [0.3, 0.4) is 0 Å². The lowest BCUT2D eigenvalue weighted by molar-refractivity contribution is -0.862. The van der Waals surface area contributed by atoms with Crippen molar-refractivity contribution in [3.05, 3.63) is 47.5 Å².